The first-order chi connectivity index (χ1) is 11.1. The molecule has 0 atom stereocenters. The summed E-state index contributed by atoms with van der Waals surface area (Å²) in [6.07, 6.45) is 6.09. The molecule has 0 aliphatic carbocycles. The zero-order valence-electron chi connectivity index (χ0n) is 14.6. The van der Waals surface area contributed by atoms with Crippen molar-refractivity contribution in [3.8, 4) is 0 Å². The summed E-state index contributed by atoms with van der Waals surface area (Å²) in [5.74, 6) is 1.96. The van der Waals surface area contributed by atoms with Crippen LogP contribution in [0.2, 0.25) is 0 Å². The molecule has 0 N–H and O–H groups in total. The van der Waals surface area contributed by atoms with Gasteiger partial charge in [-0.1, -0.05) is 30.3 Å². The molecule has 0 aliphatic heterocycles. The predicted octanol–water partition coefficient (Wildman–Crippen LogP) is 2.50. The van der Waals surface area contributed by atoms with Crippen LogP contribution in [0.4, 0.5) is 0 Å². The van der Waals surface area contributed by atoms with Crippen LogP contribution >= 0.6 is 0 Å². The molecule has 1 aromatic carbocycles. The van der Waals surface area contributed by atoms with Crippen LogP contribution in [0.25, 0.3) is 0 Å². The van der Waals surface area contributed by atoms with Gasteiger partial charge in [-0.25, -0.2) is 9.98 Å². The first-order valence-electron chi connectivity index (χ1n) is 8.01. The van der Waals surface area contributed by atoms with Crippen molar-refractivity contribution in [2.24, 2.45) is 4.99 Å². The van der Waals surface area contributed by atoms with E-state index in [9.17, 15) is 0 Å². The summed E-state index contributed by atoms with van der Waals surface area (Å²) in [4.78, 5) is 13.2. The van der Waals surface area contributed by atoms with E-state index < -0.39 is 0 Å². The monoisotopic (exact) mass is 313 g/mol. The van der Waals surface area contributed by atoms with E-state index in [4.69, 9.17) is 0 Å². The number of benzene rings is 1. The molecule has 0 spiro atoms. The minimum Gasteiger partial charge on any atom is -0.349 e. The normalized spacial score (nSPS) is 10.4. The van der Waals surface area contributed by atoms with Crippen molar-refractivity contribution >= 4 is 5.96 Å². The van der Waals surface area contributed by atoms with Crippen LogP contribution in [0.5, 0.6) is 0 Å². The highest BCUT2D eigenvalue weighted by atomic mass is 15.3. The maximum Gasteiger partial charge on any atom is 0.195 e. The molecule has 2 rings (SSSR count). The van der Waals surface area contributed by atoms with E-state index in [1.165, 1.54) is 5.56 Å². The molecule has 0 saturated carbocycles. The summed E-state index contributed by atoms with van der Waals surface area (Å²) in [6.45, 7) is 1.57. The van der Waals surface area contributed by atoms with Gasteiger partial charge in [0.2, 0.25) is 0 Å². The van der Waals surface area contributed by atoms with Gasteiger partial charge in [-0.3, -0.25) is 0 Å². The Balaban J connectivity index is 1.93. The molecular weight excluding hydrogens is 286 g/mol. The largest absolute Gasteiger partial charge is 0.349 e. The van der Waals surface area contributed by atoms with Crippen molar-refractivity contribution in [1.82, 2.24) is 19.4 Å². The van der Waals surface area contributed by atoms with Gasteiger partial charge in [0.1, 0.15) is 12.4 Å². The van der Waals surface area contributed by atoms with Crippen LogP contribution in [0.3, 0.4) is 0 Å². The van der Waals surface area contributed by atoms with E-state index >= 15 is 0 Å². The predicted molar refractivity (Wildman–Crippen MR) is 95.5 cm³/mol. The summed E-state index contributed by atoms with van der Waals surface area (Å²) in [7, 11) is 8.02. The zero-order chi connectivity index (χ0) is 16.7. The Labute approximate surface area is 139 Å². The molecule has 5 nitrogen and oxygen atoms in total. The van der Waals surface area contributed by atoms with Gasteiger partial charge in [0.15, 0.2) is 5.96 Å². The van der Waals surface area contributed by atoms with Crippen LogP contribution in [0, 0.1) is 0 Å². The maximum atomic E-state index is 4.68. The Morgan fingerprint density at radius 3 is 2.43 bits per heavy atom. The number of aromatic nitrogens is 2. The number of hydrogen-bond acceptors (Lipinski definition) is 2. The van der Waals surface area contributed by atoms with Crippen molar-refractivity contribution in [3.05, 3.63) is 54.1 Å². The van der Waals surface area contributed by atoms with Crippen LogP contribution in [0.15, 0.2) is 47.7 Å². The smallest absolute Gasteiger partial charge is 0.195 e. The summed E-state index contributed by atoms with van der Waals surface area (Å²) < 4.78 is 2.20. The number of aliphatic imine (C=N–C) groups is 1. The van der Waals surface area contributed by atoms with Gasteiger partial charge in [-0.05, 0) is 18.4 Å². The molecule has 2 aromatic rings. The second kappa shape index (κ2) is 8.36. The molecule has 0 saturated heterocycles. The third kappa shape index (κ3) is 5.13. The fraction of sp³-hybridized carbons (Fsp3) is 0.444. The Kier molecular flexibility index (Phi) is 6.20. The molecule has 0 aliphatic rings. The SMILES string of the molecule is CN(C)C(=NCc1nccn1CCCc1ccccc1)N(C)C. The highest BCUT2D eigenvalue weighted by molar-refractivity contribution is 5.79. The third-order valence-electron chi connectivity index (χ3n) is 3.67. The van der Waals surface area contributed by atoms with Gasteiger partial charge in [0, 0.05) is 47.1 Å². The summed E-state index contributed by atoms with van der Waals surface area (Å²) in [5.41, 5.74) is 1.38. The van der Waals surface area contributed by atoms with Gasteiger partial charge in [0.25, 0.3) is 0 Å². The van der Waals surface area contributed by atoms with Crippen molar-refractivity contribution in [3.63, 3.8) is 0 Å². The average Bonchev–Trinajstić information content (AvgIpc) is 2.95. The Hall–Kier alpha value is -2.30. The average molecular weight is 313 g/mol. The fourth-order valence-electron chi connectivity index (χ4n) is 2.62. The first-order valence-corrected chi connectivity index (χ1v) is 8.01. The van der Waals surface area contributed by atoms with Crippen molar-refractivity contribution < 1.29 is 0 Å². The number of aryl methyl sites for hydroxylation is 2. The summed E-state index contributed by atoms with van der Waals surface area (Å²) >= 11 is 0. The second-order valence-corrected chi connectivity index (χ2v) is 6.03. The molecule has 0 bridgehead atoms. The highest BCUT2D eigenvalue weighted by Gasteiger charge is 2.06. The van der Waals surface area contributed by atoms with E-state index in [2.05, 4.69) is 44.9 Å². The van der Waals surface area contributed by atoms with Crippen LogP contribution in [-0.4, -0.2) is 53.5 Å². The molecule has 23 heavy (non-hydrogen) atoms. The van der Waals surface area contributed by atoms with Crippen LogP contribution in [0.1, 0.15) is 17.8 Å². The fourth-order valence-corrected chi connectivity index (χ4v) is 2.62. The minimum absolute atomic E-state index is 0.601. The molecule has 0 fully saturated rings. The topological polar surface area (TPSA) is 36.7 Å². The first kappa shape index (κ1) is 17.1. The van der Waals surface area contributed by atoms with E-state index in [1.807, 2.05) is 50.4 Å². The maximum absolute atomic E-state index is 4.68. The van der Waals surface area contributed by atoms with Crippen LogP contribution < -0.4 is 0 Å². The summed E-state index contributed by atoms with van der Waals surface area (Å²) in [5, 5.41) is 0. The number of imidazole rings is 1. The lowest BCUT2D eigenvalue weighted by molar-refractivity contribution is 0.477. The van der Waals surface area contributed by atoms with Crippen molar-refractivity contribution in [2.45, 2.75) is 25.9 Å². The Bertz CT molecular complexity index is 603. The second-order valence-electron chi connectivity index (χ2n) is 6.03. The lowest BCUT2D eigenvalue weighted by Crippen LogP contribution is -2.35. The third-order valence-corrected chi connectivity index (χ3v) is 3.67. The zero-order valence-corrected chi connectivity index (χ0v) is 14.6. The van der Waals surface area contributed by atoms with E-state index in [-0.39, 0.29) is 0 Å². The number of nitrogens with zero attached hydrogens (tertiary/aromatic N) is 5. The quantitative estimate of drug-likeness (QED) is 0.607. The molecule has 0 radical (unpaired) electrons. The van der Waals surface area contributed by atoms with Crippen molar-refractivity contribution in [1.29, 1.82) is 0 Å². The molecule has 1 heterocycles. The highest BCUT2D eigenvalue weighted by Crippen LogP contribution is 2.07. The van der Waals surface area contributed by atoms with Crippen LogP contribution in [-0.2, 0) is 19.5 Å². The number of guanidine groups is 1. The van der Waals surface area contributed by atoms with Gasteiger partial charge >= 0.3 is 0 Å². The minimum atomic E-state index is 0.601. The van der Waals surface area contributed by atoms with Gasteiger partial charge in [0.05, 0.1) is 0 Å². The Morgan fingerprint density at radius 1 is 1.09 bits per heavy atom. The number of hydrogen-bond donors (Lipinski definition) is 0. The van der Waals surface area contributed by atoms with Gasteiger partial charge in [-0.2, -0.15) is 0 Å². The Morgan fingerprint density at radius 2 is 1.78 bits per heavy atom. The van der Waals surface area contributed by atoms with E-state index in [0.29, 0.717) is 6.54 Å². The van der Waals surface area contributed by atoms with E-state index in [1.54, 1.807) is 0 Å². The standard InChI is InChI=1S/C18H27N5/c1-21(2)18(22(3)4)20-15-17-19-12-14-23(17)13-8-11-16-9-6-5-7-10-16/h5-7,9-10,12,14H,8,11,13,15H2,1-4H3. The van der Waals surface area contributed by atoms with Gasteiger partial charge < -0.3 is 14.4 Å². The molecule has 5 heteroatoms. The van der Waals surface area contributed by atoms with Gasteiger partial charge in [-0.15, -0.1) is 0 Å². The van der Waals surface area contributed by atoms with Crippen molar-refractivity contribution in [2.75, 3.05) is 28.2 Å². The number of rotatable bonds is 6. The molecule has 0 amide bonds. The lowest BCUT2D eigenvalue weighted by atomic mass is 10.1. The lowest BCUT2D eigenvalue weighted by Gasteiger charge is -2.22. The molecule has 1 aromatic heterocycles. The molecule has 0 unspecified atom stereocenters. The van der Waals surface area contributed by atoms with E-state index in [0.717, 1.165) is 31.2 Å². The molecular formula is C18H27N5. The summed E-state index contributed by atoms with van der Waals surface area (Å²) in [6, 6.07) is 10.6. The molecule has 124 valence electrons.